The van der Waals surface area contributed by atoms with Gasteiger partial charge < -0.3 is 5.11 Å². The van der Waals surface area contributed by atoms with E-state index in [0.29, 0.717) is 5.56 Å². The minimum Gasteiger partial charge on any atom is -0.383 e. The molecule has 6 heteroatoms. The quantitative estimate of drug-likeness (QED) is 0.855. The van der Waals surface area contributed by atoms with Crippen molar-refractivity contribution in [2.45, 2.75) is 24.3 Å². The molecule has 0 aliphatic carbocycles. The topological polar surface area (TPSA) is 76.5 Å². The van der Waals surface area contributed by atoms with Crippen LogP contribution in [0.2, 0.25) is 0 Å². The fraction of sp³-hybridized carbons (Fsp3) is 0.267. The van der Waals surface area contributed by atoms with Crippen LogP contribution < -0.4 is 0 Å². The summed E-state index contributed by atoms with van der Waals surface area (Å²) in [5.74, 6) is 0. The molecule has 2 rings (SSSR count). The summed E-state index contributed by atoms with van der Waals surface area (Å²) >= 11 is 0. The SMILES string of the molecule is Cc1ccc(S(=O)(=O)OC[C@@](C)(O)c2cccnc2)cc1. The van der Waals surface area contributed by atoms with Crippen molar-refractivity contribution in [1.29, 1.82) is 0 Å². The first-order chi connectivity index (χ1) is 9.81. The van der Waals surface area contributed by atoms with Crippen molar-refractivity contribution in [3.63, 3.8) is 0 Å². The zero-order valence-electron chi connectivity index (χ0n) is 11.9. The molecule has 5 nitrogen and oxygen atoms in total. The van der Waals surface area contributed by atoms with E-state index in [1.807, 2.05) is 6.92 Å². The highest BCUT2D eigenvalue weighted by molar-refractivity contribution is 7.86. The summed E-state index contributed by atoms with van der Waals surface area (Å²) in [6, 6.07) is 9.66. The summed E-state index contributed by atoms with van der Waals surface area (Å²) < 4.78 is 29.1. The van der Waals surface area contributed by atoms with Crippen LogP contribution in [-0.4, -0.2) is 25.1 Å². The normalized spacial score (nSPS) is 14.6. The van der Waals surface area contributed by atoms with Gasteiger partial charge in [0.25, 0.3) is 10.1 Å². The molecule has 0 bridgehead atoms. The second kappa shape index (κ2) is 5.93. The number of benzene rings is 1. The molecule has 1 heterocycles. The van der Waals surface area contributed by atoms with E-state index >= 15 is 0 Å². The zero-order chi connectivity index (χ0) is 15.5. The molecule has 0 unspecified atom stereocenters. The molecule has 0 saturated carbocycles. The van der Waals surface area contributed by atoms with Gasteiger partial charge in [0, 0.05) is 18.0 Å². The third kappa shape index (κ3) is 3.87. The van der Waals surface area contributed by atoms with Gasteiger partial charge in [-0.3, -0.25) is 9.17 Å². The molecule has 0 spiro atoms. The highest BCUT2D eigenvalue weighted by Crippen LogP contribution is 2.22. The van der Waals surface area contributed by atoms with Crippen LogP contribution in [0, 0.1) is 6.92 Å². The molecule has 1 atom stereocenters. The van der Waals surface area contributed by atoms with Crippen LogP contribution in [0.1, 0.15) is 18.1 Å². The van der Waals surface area contributed by atoms with E-state index in [1.54, 1.807) is 30.5 Å². The number of nitrogens with zero attached hydrogens (tertiary/aromatic N) is 1. The maximum atomic E-state index is 12.1. The summed E-state index contributed by atoms with van der Waals surface area (Å²) in [7, 11) is -3.90. The fourth-order valence-corrected chi connectivity index (χ4v) is 2.72. The van der Waals surface area contributed by atoms with Crippen LogP contribution in [0.5, 0.6) is 0 Å². The Balaban J connectivity index is 2.13. The Labute approximate surface area is 124 Å². The lowest BCUT2D eigenvalue weighted by molar-refractivity contribution is 0.00946. The summed E-state index contributed by atoms with van der Waals surface area (Å²) in [6.45, 7) is 2.97. The first kappa shape index (κ1) is 15.6. The fourth-order valence-electron chi connectivity index (χ4n) is 1.73. The maximum Gasteiger partial charge on any atom is 0.297 e. The standard InChI is InChI=1S/C15H17NO4S/c1-12-5-7-14(8-6-12)21(18,19)20-11-15(2,17)13-4-3-9-16-10-13/h3-10,17H,11H2,1-2H3/t15-/m1/s1. The van der Waals surface area contributed by atoms with Gasteiger partial charge in [0.2, 0.25) is 0 Å². The number of rotatable bonds is 5. The molecule has 1 N–H and O–H groups in total. The molecule has 2 aromatic rings. The Morgan fingerprint density at radius 3 is 2.48 bits per heavy atom. The molecule has 1 aromatic carbocycles. The second-order valence-corrected chi connectivity index (χ2v) is 6.66. The highest BCUT2D eigenvalue weighted by Gasteiger charge is 2.27. The van der Waals surface area contributed by atoms with Crippen molar-refractivity contribution in [2.24, 2.45) is 0 Å². The van der Waals surface area contributed by atoms with Crippen LogP contribution >= 0.6 is 0 Å². The van der Waals surface area contributed by atoms with Crippen LogP contribution in [0.3, 0.4) is 0 Å². The Kier molecular flexibility index (Phi) is 4.41. The van der Waals surface area contributed by atoms with E-state index < -0.39 is 15.7 Å². The van der Waals surface area contributed by atoms with Crippen LogP contribution in [0.15, 0.2) is 53.7 Å². The zero-order valence-corrected chi connectivity index (χ0v) is 12.7. The summed E-state index contributed by atoms with van der Waals surface area (Å²) in [4.78, 5) is 3.96. The average molecular weight is 307 g/mol. The Hall–Kier alpha value is -1.76. The van der Waals surface area contributed by atoms with Gasteiger partial charge in [-0.1, -0.05) is 23.8 Å². The van der Waals surface area contributed by atoms with E-state index in [0.717, 1.165) is 5.56 Å². The predicted octanol–water partition coefficient (Wildman–Crippen LogP) is 2.00. The minimum atomic E-state index is -3.90. The lowest BCUT2D eigenvalue weighted by Crippen LogP contribution is -2.29. The molecule has 0 amide bonds. The summed E-state index contributed by atoms with van der Waals surface area (Å²) in [6.07, 6.45) is 3.05. The molecule has 0 saturated heterocycles. The van der Waals surface area contributed by atoms with E-state index in [1.165, 1.54) is 25.3 Å². The molecule has 0 fully saturated rings. The van der Waals surface area contributed by atoms with E-state index in [9.17, 15) is 13.5 Å². The molecular weight excluding hydrogens is 290 g/mol. The third-order valence-electron chi connectivity index (χ3n) is 3.09. The average Bonchev–Trinajstić information content (AvgIpc) is 2.47. The molecule has 112 valence electrons. The lowest BCUT2D eigenvalue weighted by Gasteiger charge is -2.22. The summed E-state index contributed by atoms with van der Waals surface area (Å²) in [5.41, 5.74) is 0.00636. The van der Waals surface area contributed by atoms with Gasteiger partial charge in [-0.2, -0.15) is 8.42 Å². The van der Waals surface area contributed by atoms with Gasteiger partial charge in [0.05, 0.1) is 11.5 Å². The summed E-state index contributed by atoms with van der Waals surface area (Å²) in [5, 5.41) is 10.3. The second-order valence-electron chi connectivity index (χ2n) is 5.04. The molecular formula is C15H17NO4S. The number of aryl methyl sites for hydroxylation is 1. The first-order valence-electron chi connectivity index (χ1n) is 6.40. The smallest absolute Gasteiger partial charge is 0.297 e. The van der Waals surface area contributed by atoms with Gasteiger partial charge in [0.15, 0.2) is 0 Å². The number of aromatic nitrogens is 1. The largest absolute Gasteiger partial charge is 0.383 e. The monoisotopic (exact) mass is 307 g/mol. The predicted molar refractivity (Wildman–Crippen MR) is 78.1 cm³/mol. The third-order valence-corrected chi connectivity index (χ3v) is 4.37. The molecule has 21 heavy (non-hydrogen) atoms. The van der Waals surface area contributed by atoms with Crippen molar-refractivity contribution in [1.82, 2.24) is 4.98 Å². The van der Waals surface area contributed by atoms with Crippen molar-refractivity contribution in [3.05, 3.63) is 59.9 Å². The molecule has 1 aromatic heterocycles. The maximum absolute atomic E-state index is 12.1. The van der Waals surface area contributed by atoms with Gasteiger partial charge >= 0.3 is 0 Å². The molecule has 0 aliphatic heterocycles. The van der Waals surface area contributed by atoms with Crippen molar-refractivity contribution < 1.29 is 17.7 Å². The van der Waals surface area contributed by atoms with Gasteiger partial charge in [0.1, 0.15) is 5.60 Å². The Bertz CT molecular complexity index is 694. The molecule has 0 radical (unpaired) electrons. The Morgan fingerprint density at radius 2 is 1.90 bits per heavy atom. The van der Waals surface area contributed by atoms with E-state index in [-0.39, 0.29) is 11.5 Å². The minimum absolute atomic E-state index is 0.0649. The van der Waals surface area contributed by atoms with Crippen LogP contribution in [-0.2, 0) is 19.9 Å². The van der Waals surface area contributed by atoms with Crippen molar-refractivity contribution in [2.75, 3.05) is 6.61 Å². The van der Waals surface area contributed by atoms with E-state index in [4.69, 9.17) is 4.18 Å². The number of hydrogen-bond donors (Lipinski definition) is 1. The van der Waals surface area contributed by atoms with Gasteiger partial charge in [-0.15, -0.1) is 0 Å². The van der Waals surface area contributed by atoms with E-state index in [2.05, 4.69) is 4.98 Å². The van der Waals surface area contributed by atoms with Crippen molar-refractivity contribution >= 4 is 10.1 Å². The van der Waals surface area contributed by atoms with Gasteiger partial charge in [-0.25, -0.2) is 0 Å². The van der Waals surface area contributed by atoms with Crippen LogP contribution in [0.4, 0.5) is 0 Å². The van der Waals surface area contributed by atoms with Crippen LogP contribution in [0.25, 0.3) is 0 Å². The number of hydrogen-bond acceptors (Lipinski definition) is 5. The number of aliphatic hydroxyl groups is 1. The first-order valence-corrected chi connectivity index (χ1v) is 7.81. The Morgan fingerprint density at radius 1 is 1.24 bits per heavy atom. The lowest BCUT2D eigenvalue weighted by atomic mass is 9.99. The number of pyridine rings is 1. The highest BCUT2D eigenvalue weighted by atomic mass is 32.2. The van der Waals surface area contributed by atoms with Crippen molar-refractivity contribution in [3.8, 4) is 0 Å². The molecule has 0 aliphatic rings. The van der Waals surface area contributed by atoms with Gasteiger partial charge in [-0.05, 0) is 32.0 Å².